The molecule has 0 radical (unpaired) electrons. The third-order valence-electron chi connectivity index (χ3n) is 3.55. The third kappa shape index (κ3) is 3.09. The van der Waals surface area contributed by atoms with E-state index in [0.717, 1.165) is 6.07 Å². The number of halogens is 1. The number of rotatable bonds is 2. The molecule has 0 amide bonds. The van der Waals surface area contributed by atoms with Gasteiger partial charge in [0.2, 0.25) is 5.78 Å². The van der Waals surface area contributed by atoms with Crippen molar-refractivity contribution in [1.29, 1.82) is 0 Å². The Balaban J connectivity index is 0.00000225. The summed E-state index contributed by atoms with van der Waals surface area (Å²) >= 11 is 2.96. The summed E-state index contributed by atoms with van der Waals surface area (Å²) in [6, 6.07) is 6.46. The molecule has 2 aromatic carbocycles. The van der Waals surface area contributed by atoms with Crippen LogP contribution < -0.4 is 0 Å². The summed E-state index contributed by atoms with van der Waals surface area (Å²) in [7, 11) is -4.99. The molecule has 0 saturated carbocycles. The van der Waals surface area contributed by atoms with Gasteiger partial charge in [-0.15, -0.1) is 0 Å². The molecule has 0 heterocycles. The van der Waals surface area contributed by atoms with E-state index in [1.54, 1.807) is 0 Å². The van der Waals surface area contributed by atoms with Crippen LogP contribution in [0.3, 0.4) is 0 Å². The zero-order chi connectivity index (χ0) is 17.8. The monoisotopic (exact) mass is 435 g/mol. The Bertz CT molecular complexity index is 1070. The van der Waals surface area contributed by atoms with Crippen molar-refractivity contribution in [2.45, 2.75) is 4.90 Å². The number of carbonyl (C=O) groups excluding carboxylic acids is 2. The van der Waals surface area contributed by atoms with Crippen molar-refractivity contribution in [2.75, 3.05) is 0 Å². The number of fused-ring (bicyclic) bond motifs is 2. The molecule has 0 bridgehead atoms. The summed E-state index contributed by atoms with van der Waals surface area (Å²) in [6.07, 6.45) is 0. The molecule has 0 aromatic heterocycles. The van der Waals surface area contributed by atoms with Gasteiger partial charge in [0.05, 0.1) is 10.5 Å². The summed E-state index contributed by atoms with van der Waals surface area (Å²) in [4.78, 5) is 34.5. The Hall–Kier alpha value is -1.43. The predicted molar refractivity (Wildman–Crippen MR) is 91.1 cm³/mol. The van der Waals surface area contributed by atoms with Crippen molar-refractivity contribution in [2.24, 2.45) is 0 Å². The summed E-state index contributed by atoms with van der Waals surface area (Å²) in [5.74, 6) is -1.52. The molecule has 0 atom stereocenters. The van der Waals surface area contributed by atoms with Gasteiger partial charge in [-0.05, 0) is 22.0 Å². The van der Waals surface area contributed by atoms with Gasteiger partial charge in [-0.25, -0.2) is 0 Å². The predicted octanol–water partition coefficient (Wildman–Crippen LogP) is 1.73. The Morgan fingerprint density at radius 3 is 1.96 bits per heavy atom. The zero-order valence-electron chi connectivity index (χ0n) is 11.5. The zero-order valence-corrected chi connectivity index (χ0v) is 13.9. The van der Waals surface area contributed by atoms with Gasteiger partial charge >= 0.3 is 45.4 Å². The van der Waals surface area contributed by atoms with Crippen LogP contribution in [0.4, 0.5) is 5.69 Å². The number of benzene rings is 2. The number of ketones is 2. The van der Waals surface area contributed by atoms with Gasteiger partial charge in [-0.3, -0.25) is 24.3 Å². The number of nitro benzene ring substituents is 1. The van der Waals surface area contributed by atoms with E-state index < -0.39 is 42.8 Å². The summed E-state index contributed by atoms with van der Waals surface area (Å²) in [5.41, 5.74) is -2.10. The molecule has 8 nitrogen and oxygen atoms in total. The Morgan fingerprint density at radius 1 is 1.04 bits per heavy atom. The van der Waals surface area contributed by atoms with Crippen molar-refractivity contribution >= 4 is 72.9 Å². The fourth-order valence-electron chi connectivity index (χ4n) is 2.59. The molecular formula is C14H7BrNNaO7S. The first-order valence-corrected chi connectivity index (χ1v) is 8.54. The molecule has 1 aliphatic carbocycles. The van der Waals surface area contributed by atoms with Gasteiger partial charge in [-0.1, -0.05) is 24.3 Å². The molecule has 0 fully saturated rings. The molecule has 0 spiro atoms. The molecule has 0 unspecified atom stereocenters. The van der Waals surface area contributed by atoms with Crippen molar-refractivity contribution < 1.29 is 27.5 Å². The van der Waals surface area contributed by atoms with E-state index in [1.807, 2.05) is 0 Å². The van der Waals surface area contributed by atoms with E-state index in [-0.39, 0.29) is 50.7 Å². The second-order valence-corrected chi connectivity index (χ2v) is 7.14. The van der Waals surface area contributed by atoms with E-state index in [4.69, 9.17) is 0 Å². The van der Waals surface area contributed by atoms with Crippen LogP contribution in [0.1, 0.15) is 31.8 Å². The summed E-state index contributed by atoms with van der Waals surface area (Å²) in [6.45, 7) is 0. The van der Waals surface area contributed by atoms with Gasteiger partial charge in [0, 0.05) is 15.6 Å². The average Bonchev–Trinajstić information content (AvgIpc) is 2.50. The van der Waals surface area contributed by atoms with Crippen molar-refractivity contribution in [3.8, 4) is 0 Å². The maximum atomic E-state index is 12.7. The molecule has 1 N–H and O–H groups in total. The van der Waals surface area contributed by atoms with Crippen LogP contribution in [0.5, 0.6) is 0 Å². The minimum atomic E-state index is -4.99. The molecule has 124 valence electrons. The average molecular weight is 436 g/mol. The number of nitrogens with zero attached hydrogens (tertiary/aromatic N) is 1. The number of carbonyl (C=O) groups is 2. The number of hydrogen-bond acceptors (Lipinski definition) is 6. The van der Waals surface area contributed by atoms with Gasteiger partial charge in [0.1, 0.15) is 5.56 Å². The van der Waals surface area contributed by atoms with Crippen LogP contribution in [-0.2, 0) is 10.1 Å². The van der Waals surface area contributed by atoms with Gasteiger partial charge in [0.25, 0.3) is 0 Å². The number of hydrogen-bond donors (Lipinski definition) is 1. The molecule has 1 aliphatic rings. The minimum absolute atomic E-state index is 0. The third-order valence-corrected chi connectivity index (χ3v) is 5.04. The molecular weight excluding hydrogens is 429 g/mol. The van der Waals surface area contributed by atoms with E-state index in [0.29, 0.717) is 0 Å². The molecule has 11 heteroatoms. The fraction of sp³-hybridized carbons (Fsp3) is 0. The first kappa shape index (κ1) is 19.9. The Morgan fingerprint density at radius 2 is 1.52 bits per heavy atom. The van der Waals surface area contributed by atoms with Crippen LogP contribution in [0.25, 0.3) is 0 Å². The van der Waals surface area contributed by atoms with Crippen LogP contribution >= 0.6 is 15.9 Å². The van der Waals surface area contributed by atoms with E-state index >= 15 is 0 Å². The quantitative estimate of drug-likeness (QED) is 0.280. The fourth-order valence-corrected chi connectivity index (χ4v) is 4.03. The maximum absolute atomic E-state index is 12.7. The Kier molecular flexibility index (Phi) is 5.34. The number of nitro groups is 1. The van der Waals surface area contributed by atoms with E-state index in [9.17, 15) is 32.7 Å². The standard InChI is InChI=1S/C14H6BrNO7S.Na.H/c15-8-5-9(24(21,22)23)12(16(19)20)11-10(8)13(17)6-3-1-2-4-7(6)14(11)18;;/h1-5H,(H,21,22,23);;. The van der Waals surface area contributed by atoms with Gasteiger partial charge in [0.15, 0.2) is 10.7 Å². The first-order chi connectivity index (χ1) is 11.1. The molecule has 3 rings (SSSR count). The summed E-state index contributed by atoms with van der Waals surface area (Å²) in [5, 5.41) is 11.4. The van der Waals surface area contributed by atoms with E-state index in [2.05, 4.69) is 15.9 Å². The molecule has 25 heavy (non-hydrogen) atoms. The van der Waals surface area contributed by atoms with Crippen molar-refractivity contribution in [1.82, 2.24) is 0 Å². The summed E-state index contributed by atoms with van der Waals surface area (Å²) < 4.78 is 32.0. The van der Waals surface area contributed by atoms with Crippen LogP contribution in [0, 0.1) is 10.1 Å². The topological polar surface area (TPSA) is 132 Å². The van der Waals surface area contributed by atoms with E-state index in [1.165, 1.54) is 24.3 Å². The normalized spacial score (nSPS) is 12.9. The van der Waals surface area contributed by atoms with Crippen molar-refractivity contribution in [3.63, 3.8) is 0 Å². The molecule has 0 aliphatic heterocycles. The van der Waals surface area contributed by atoms with Crippen LogP contribution in [-0.4, -0.2) is 59.0 Å². The second-order valence-electron chi connectivity index (χ2n) is 4.89. The van der Waals surface area contributed by atoms with Crippen molar-refractivity contribution in [3.05, 3.63) is 67.2 Å². The Labute approximate surface area is 171 Å². The van der Waals surface area contributed by atoms with Gasteiger partial charge < -0.3 is 0 Å². The van der Waals surface area contributed by atoms with Gasteiger partial charge in [-0.2, -0.15) is 8.42 Å². The SMILES string of the molecule is O=C1c2ccccc2C(=O)c2c1c(Br)cc(S(=O)(=O)O)c2[N+](=O)[O-].[NaH]. The molecule has 0 saturated heterocycles. The second kappa shape index (κ2) is 6.71. The van der Waals surface area contributed by atoms with Crippen LogP contribution in [0.2, 0.25) is 0 Å². The first-order valence-electron chi connectivity index (χ1n) is 6.31. The van der Waals surface area contributed by atoms with Crippen LogP contribution in [0.15, 0.2) is 39.7 Å². The molecule has 2 aromatic rings.